The molecule has 0 N–H and O–H groups in total. The van der Waals surface area contributed by atoms with Crippen LogP contribution in [0.5, 0.6) is 0 Å². The summed E-state index contributed by atoms with van der Waals surface area (Å²) in [6.07, 6.45) is 1.87. The summed E-state index contributed by atoms with van der Waals surface area (Å²) in [5.74, 6) is -2.67. The molecule has 2 rings (SSSR count). The Morgan fingerprint density at radius 3 is 2.53 bits per heavy atom. The van der Waals surface area contributed by atoms with E-state index < -0.39 is 17.7 Å². The Kier molecular flexibility index (Phi) is 3.90. The van der Waals surface area contributed by atoms with Crippen molar-refractivity contribution >= 4 is 17.5 Å². The second-order valence-electron chi connectivity index (χ2n) is 4.46. The van der Waals surface area contributed by atoms with Crippen molar-refractivity contribution in [1.29, 1.82) is 0 Å². The van der Waals surface area contributed by atoms with Crippen LogP contribution in [-0.2, 0) is 25.5 Å². The molecule has 0 saturated carbocycles. The number of cyclic esters (lactones) is 1. The summed E-state index contributed by atoms with van der Waals surface area (Å²) in [7, 11) is 0. The number of ether oxygens (including phenoxy) is 1. The normalized spacial score (nSPS) is 18.8. The Balaban J connectivity index is 2.01. The lowest BCUT2D eigenvalue weighted by Gasteiger charge is -2.17. The molecule has 1 aromatic rings. The largest absolute Gasteiger partial charge is 0.430 e. The van der Waals surface area contributed by atoms with Crippen molar-refractivity contribution in [3.05, 3.63) is 47.7 Å². The summed E-state index contributed by atoms with van der Waals surface area (Å²) in [4.78, 5) is 35.2. The number of carbonyl (C=O) groups is 3. The third kappa shape index (κ3) is 3.16. The maximum Gasteiger partial charge on any atom is 0.329 e. The molecule has 1 unspecified atom stereocenters. The third-order valence-electron chi connectivity index (χ3n) is 2.95. The third-order valence-corrected chi connectivity index (χ3v) is 2.95. The number of Topliss-reactive ketones (excluding diaryl/α,β-unsaturated/α-hetero) is 1. The number of aryl methyl sites for hydroxylation is 1. The topological polar surface area (TPSA) is 60.4 Å². The highest BCUT2D eigenvalue weighted by atomic mass is 16.5. The van der Waals surface area contributed by atoms with Crippen LogP contribution in [0.2, 0.25) is 0 Å². The summed E-state index contributed by atoms with van der Waals surface area (Å²) in [5.41, 5.74) is 0.999. The first-order chi connectivity index (χ1) is 9.08. The van der Waals surface area contributed by atoms with Crippen LogP contribution in [0.4, 0.5) is 0 Å². The van der Waals surface area contributed by atoms with Gasteiger partial charge in [-0.1, -0.05) is 30.3 Å². The average Bonchev–Trinajstić information content (AvgIpc) is 2.36. The Labute approximate surface area is 111 Å². The van der Waals surface area contributed by atoms with E-state index in [1.807, 2.05) is 30.3 Å². The van der Waals surface area contributed by atoms with Gasteiger partial charge in [0.05, 0.1) is 0 Å². The molecule has 19 heavy (non-hydrogen) atoms. The van der Waals surface area contributed by atoms with Gasteiger partial charge < -0.3 is 4.74 Å². The molecule has 0 aromatic heterocycles. The Hall–Kier alpha value is -2.23. The maximum atomic E-state index is 11.9. The fraction of sp³-hybridized carbons (Fsp3) is 0.267. The first-order valence-electron chi connectivity index (χ1n) is 6.08. The van der Waals surface area contributed by atoms with Crippen molar-refractivity contribution in [2.24, 2.45) is 5.92 Å². The lowest BCUT2D eigenvalue weighted by atomic mass is 9.92. The van der Waals surface area contributed by atoms with Crippen LogP contribution in [-0.4, -0.2) is 17.5 Å². The number of rotatable bonds is 4. The lowest BCUT2D eigenvalue weighted by Crippen LogP contribution is -2.35. The van der Waals surface area contributed by atoms with Gasteiger partial charge in [-0.25, -0.2) is 0 Å². The highest BCUT2D eigenvalue weighted by Gasteiger charge is 2.36. The van der Waals surface area contributed by atoms with Gasteiger partial charge in [0.1, 0.15) is 5.76 Å². The van der Waals surface area contributed by atoms with Crippen LogP contribution in [0.3, 0.4) is 0 Å². The summed E-state index contributed by atoms with van der Waals surface area (Å²) >= 11 is 0. The average molecular weight is 258 g/mol. The summed E-state index contributed by atoms with van der Waals surface area (Å²) < 4.78 is 4.82. The molecule has 1 heterocycles. The smallest absolute Gasteiger partial charge is 0.329 e. The van der Waals surface area contributed by atoms with Crippen molar-refractivity contribution < 1.29 is 19.1 Å². The molecule has 0 fully saturated rings. The number of esters is 1. The van der Waals surface area contributed by atoms with Gasteiger partial charge in [-0.15, -0.1) is 0 Å². The molecule has 0 saturated heterocycles. The van der Waals surface area contributed by atoms with E-state index >= 15 is 0 Å². The van der Waals surface area contributed by atoms with Crippen LogP contribution < -0.4 is 0 Å². The zero-order chi connectivity index (χ0) is 13.8. The highest BCUT2D eigenvalue weighted by Crippen LogP contribution is 2.17. The Morgan fingerprint density at radius 2 is 1.89 bits per heavy atom. The first kappa shape index (κ1) is 13.2. The van der Waals surface area contributed by atoms with E-state index in [2.05, 4.69) is 0 Å². The molecule has 4 nitrogen and oxygen atoms in total. The molecule has 1 aromatic carbocycles. The minimum absolute atomic E-state index is 0.155. The van der Waals surface area contributed by atoms with Crippen molar-refractivity contribution in [2.75, 3.05) is 0 Å². The molecule has 1 aliphatic rings. The number of hydrogen-bond donors (Lipinski definition) is 0. The fourth-order valence-electron chi connectivity index (χ4n) is 1.99. The Bertz CT molecular complexity index is 543. The van der Waals surface area contributed by atoms with Crippen LogP contribution in [0.1, 0.15) is 18.9 Å². The van der Waals surface area contributed by atoms with Crippen LogP contribution in [0.25, 0.3) is 0 Å². The van der Waals surface area contributed by atoms with Gasteiger partial charge in [-0.05, 0) is 18.9 Å². The molecule has 98 valence electrons. The molecular formula is C15H14O4. The zero-order valence-corrected chi connectivity index (χ0v) is 10.6. The number of ketones is 2. The predicted molar refractivity (Wildman–Crippen MR) is 68.1 cm³/mol. The van der Waals surface area contributed by atoms with Gasteiger partial charge in [0.25, 0.3) is 0 Å². The van der Waals surface area contributed by atoms with Crippen molar-refractivity contribution in [2.45, 2.75) is 19.8 Å². The van der Waals surface area contributed by atoms with E-state index in [-0.39, 0.29) is 18.0 Å². The summed E-state index contributed by atoms with van der Waals surface area (Å²) in [6.45, 7) is 1.51. The van der Waals surface area contributed by atoms with E-state index in [9.17, 15) is 14.4 Å². The standard InChI is InChI=1S/C15H14O4/c1-10-9-13(17)14(15(18)19-10)12(16)8-7-11-5-3-2-4-6-11/h2-6,9,14H,7-8H2,1H3. The van der Waals surface area contributed by atoms with Crippen LogP contribution in [0, 0.1) is 5.92 Å². The number of hydrogen-bond acceptors (Lipinski definition) is 4. The van der Waals surface area contributed by atoms with E-state index in [1.54, 1.807) is 0 Å². The molecule has 1 aliphatic heterocycles. The van der Waals surface area contributed by atoms with Gasteiger partial charge in [0, 0.05) is 12.5 Å². The molecule has 0 aliphatic carbocycles. The number of carbonyl (C=O) groups excluding carboxylic acids is 3. The van der Waals surface area contributed by atoms with Gasteiger partial charge in [0.2, 0.25) is 0 Å². The van der Waals surface area contributed by atoms with Gasteiger partial charge in [0.15, 0.2) is 17.5 Å². The first-order valence-corrected chi connectivity index (χ1v) is 6.08. The monoisotopic (exact) mass is 258 g/mol. The molecule has 0 amide bonds. The molecule has 1 atom stereocenters. The number of allylic oxidation sites excluding steroid dienone is 2. The quantitative estimate of drug-likeness (QED) is 0.610. The van der Waals surface area contributed by atoms with Crippen LogP contribution >= 0.6 is 0 Å². The van der Waals surface area contributed by atoms with E-state index in [1.165, 1.54) is 13.0 Å². The van der Waals surface area contributed by atoms with Crippen LogP contribution in [0.15, 0.2) is 42.2 Å². The second kappa shape index (κ2) is 5.61. The second-order valence-corrected chi connectivity index (χ2v) is 4.46. The van der Waals surface area contributed by atoms with E-state index in [0.717, 1.165) is 5.56 Å². The summed E-state index contributed by atoms with van der Waals surface area (Å²) in [6, 6.07) is 9.45. The van der Waals surface area contributed by atoms with E-state index in [4.69, 9.17) is 4.74 Å². The molecule has 4 heteroatoms. The summed E-state index contributed by atoms with van der Waals surface area (Å²) in [5, 5.41) is 0. The van der Waals surface area contributed by atoms with E-state index in [0.29, 0.717) is 6.42 Å². The molecule has 0 spiro atoms. The van der Waals surface area contributed by atoms with Crippen molar-refractivity contribution in [1.82, 2.24) is 0 Å². The lowest BCUT2D eigenvalue weighted by molar-refractivity contribution is -0.152. The SMILES string of the molecule is CC1=CC(=O)C(C(=O)CCc2ccccc2)C(=O)O1. The van der Waals surface area contributed by atoms with Gasteiger partial charge in [-0.2, -0.15) is 0 Å². The fourth-order valence-corrected chi connectivity index (χ4v) is 1.99. The minimum atomic E-state index is -1.28. The molecular weight excluding hydrogens is 244 g/mol. The predicted octanol–water partition coefficient (Wildman–Crippen LogP) is 1.83. The Morgan fingerprint density at radius 1 is 1.21 bits per heavy atom. The van der Waals surface area contributed by atoms with Crippen molar-refractivity contribution in [3.63, 3.8) is 0 Å². The zero-order valence-electron chi connectivity index (χ0n) is 10.6. The maximum absolute atomic E-state index is 11.9. The molecule has 0 bridgehead atoms. The minimum Gasteiger partial charge on any atom is -0.430 e. The van der Waals surface area contributed by atoms with Gasteiger partial charge in [-0.3, -0.25) is 14.4 Å². The number of benzene rings is 1. The molecule has 0 radical (unpaired) electrons. The highest BCUT2D eigenvalue weighted by molar-refractivity contribution is 6.21. The van der Waals surface area contributed by atoms with Gasteiger partial charge >= 0.3 is 5.97 Å². The van der Waals surface area contributed by atoms with Crippen molar-refractivity contribution in [3.8, 4) is 0 Å².